The highest BCUT2D eigenvalue weighted by molar-refractivity contribution is 5.83. The summed E-state index contributed by atoms with van der Waals surface area (Å²) in [6.45, 7) is 1.12. The first-order valence-electron chi connectivity index (χ1n) is 6.33. The topological polar surface area (TPSA) is 51.0 Å². The third-order valence-corrected chi connectivity index (χ3v) is 3.21. The van der Waals surface area contributed by atoms with Crippen molar-refractivity contribution in [1.82, 2.24) is 4.98 Å². The Kier molecular flexibility index (Phi) is 3.21. The normalized spacial score (nSPS) is 10.8. The SMILES string of the molecule is NCc1ccc2c(COc3ccccc3)c[nH]c2c1. The van der Waals surface area contributed by atoms with E-state index in [2.05, 4.69) is 23.2 Å². The number of para-hydroxylation sites is 1. The molecular formula is C16H16N2O. The summed E-state index contributed by atoms with van der Waals surface area (Å²) in [7, 11) is 0. The maximum Gasteiger partial charge on any atom is 0.119 e. The Morgan fingerprint density at radius 1 is 1.05 bits per heavy atom. The standard InChI is InChI=1S/C16H16N2O/c17-9-12-6-7-15-13(10-18-16(15)8-12)11-19-14-4-2-1-3-5-14/h1-8,10,18H,9,11,17H2. The van der Waals surface area contributed by atoms with Crippen LogP contribution in [-0.4, -0.2) is 4.98 Å². The molecule has 3 rings (SSSR count). The molecule has 0 spiro atoms. The monoisotopic (exact) mass is 252 g/mol. The second kappa shape index (κ2) is 5.16. The lowest BCUT2D eigenvalue weighted by atomic mass is 10.1. The highest BCUT2D eigenvalue weighted by atomic mass is 16.5. The molecule has 1 heterocycles. The van der Waals surface area contributed by atoms with Crippen molar-refractivity contribution in [3.8, 4) is 5.75 Å². The van der Waals surface area contributed by atoms with Crippen molar-refractivity contribution in [2.24, 2.45) is 5.73 Å². The summed E-state index contributed by atoms with van der Waals surface area (Å²) in [5.74, 6) is 0.885. The molecule has 0 amide bonds. The van der Waals surface area contributed by atoms with Gasteiger partial charge in [-0.25, -0.2) is 0 Å². The van der Waals surface area contributed by atoms with Gasteiger partial charge in [0.25, 0.3) is 0 Å². The van der Waals surface area contributed by atoms with Gasteiger partial charge in [0.2, 0.25) is 0 Å². The zero-order valence-corrected chi connectivity index (χ0v) is 10.6. The fraction of sp³-hybridized carbons (Fsp3) is 0.125. The molecule has 0 bridgehead atoms. The van der Waals surface area contributed by atoms with Crippen molar-refractivity contribution in [3.05, 3.63) is 65.9 Å². The minimum Gasteiger partial charge on any atom is -0.489 e. The second-order valence-corrected chi connectivity index (χ2v) is 4.50. The molecule has 0 fully saturated rings. The van der Waals surface area contributed by atoms with Crippen LogP contribution in [0.4, 0.5) is 0 Å². The average Bonchev–Trinajstić information content (AvgIpc) is 2.88. The summed E-state index contributed by atoms with van der Waals surface area (Å²) in [5, 5.41) is 1.19. The Bertz CT molecular complexity index is 674. The summed E-state index contributed by atoms with van der Waals surface area (Å²) in [6, 6.07) is 16.1. The zero-order chi connectivity index (χ0) is 13.1. The van der Waals surface area contributed by atoms with Crippen LogP contribution in [0.1, 0.15) is 11.1 Å². The smallest absolute Gasteiger partial charge is 0.119 e. The molecule has 3 aromatic rings. The van der Waals surface area contributed by atoms with E-state index in [-0.39, 0.29) is 0 Å². The van der Waals surface area contributed by atoms with Gasteiger partial charge in [-0.15, -0.1) is 0 Å². The lowest BCUT2D eigenvalue weighted by Gasteiger charge is -2.05. The molecule has 2 aromatic carbocycles. The molecule has 0 radical (unpaired) electrons. The predicted octanol–water partition coefficient (Wildman–Crippen LogP) is 3.21. The fourth-order valence-corrected chi connectivity index (χ4v) is 2.16. The van der Waals surface area contributed by atoms with E-state index in [9.17, 15) is 0 Å². The summed E-state index contributed by atoms with van der Waals surface area (Å²) < 4.78 is 5.77. The Labute approximate surface area is 112 Å². The maximum absolute atomic E-state index is 5.77. The number of hydrogen-bond donors (Lipinski definition) is 2. The van der Waals surface area contributed by atoms with Gasteiger partial charge in [0.15, 0.2) is 0 Å². The Hall–Kier alpha value is -2.26. The molecule has 0 saturated carbocycles. The third-order valence-electron chi connectivity index (χ3n) is 3.21. The molecule has 3 heteroatoms. The molecule has 0 aliphatic heterocycles. The fourth-order valence-electron chi connectivity index (χ4n) is 2.16. The van der Waals surface area contributed by atoms with E-state index < -0.39 is 0 Å². The van der Waals surface area contributed by atoms with Gasteiger partial charge in [-0.05, 0) is 23.8 Å². The number of hydrogen-bond acceptors (Lipinski definition) is 2. The minimum atomic E-state index is 0.560. The molecule has 0 aliphatic carbocycles. The third kappa shape index (κ3) is 2.46. The Balaban J connectivity index is 1.82. The lowest BCUT2D eigenvalue weighted by molar-refractivity contribution is 0.307. The van der Waals surface area contributed by atoms with E-state index >= 15 is 0 Å². The number of ether oxygens (including phenoxy) is 1. The van der Waals surface area contributed by atoms with Gasteiger partial charge in [0.1, 0.15) is 12.4 Å². The van der Waals surface area contributed by atoms with E-state index in [1.807, 2.05) is 36.5 Å². The molecule has 96 valence electrons. The van der Waals surface area contributed by atoms with Crippen LogP contribution in [0.2, 0.25) is 0 Å². The molecular weight excluding hydrogens is 236 g/mol. The predicted molar refractivity (Wildman–Crippen MR) is 77.0 cm³/mol. The summed E-state index contributed by atoms with van der Waals surface area (Å²) in [6.07, 6.45) is 1.99. The van der Waals surface area contributed by atoms with Crippen molar-refractivity contribution < 1.29 is 4.74 Å². The summed E-state index contributed by atoms with van der Waals surface area (Å²) in [4.78, 5) is 3.26. The van der Waals surface area contributed by atoms with E-state index in [4.69, 9.17) is 10.5 Å². The molecule has 3 N–H and O–H groups in total. The Morgan fingerprint density at radius 3 is 2.68 bits per heavy atom. The molecule has 0 unspecified atom stereocenters. The summed E-state index contributed by atoms with van der Waals surface area (Å²) in [5.41, 5.74) is 9.03. The van der Waals surface area contributed by atoms with E-state index in [0.29, 0.717) is 13.2 Å². The van der Waals surface area contributed by atoms with Crippen molar-refractivity contribution in [2.75, 3.05) is 0 Å². The highest BCUT2D eigenvalue weighted by Gasteiger charge is 2.05. The van der Waals surface area contributed by atoms with Gasteiger partial charge >= 0.3 is 0 Å². The van der Waals surface area contributed by atoms with Crippen molar-refractivity contribution in [1.29, 1.82) is 0 Å². The van der Waals surface area contributed by atoms with Crippen LogP contribution < -0.4 is 10.5 Å². The number of aromatic nitrogens is 1. The number of fused-ring (bicyclic) bond motifs is 1. The number of benzene rings is 2. The van der Waals surface area contributed by atoms with Crippen LogP contribution in [0, 0.1) is 0 Å². The lowest BCUT2D eigenvalue weighted by Crippen LogP contribution is -1.96. The number of H-pyrrole nitrogens is 1. The van der Waals surface area contributed by atoms with Gasteiger partial charge < -0.3 is 15.5 Å². The van der Waals surface area contributed by atoms with Crippen LogP contribution in [0.5, 0.6) is 5.75 Å². The van der Waals surface area contributed by atoms with Gasteiger partial charge in [0, 0.05) is 29.2 Å². The van der Waals surface area contributed by atoms with E-state index in [0.717, 1.165) is 22.4 Å². The first-order valence-corrected chi connectivity index (χ1v) is 6.33. The van der Waals surface area contributed by atoms with Crippen LogP contribution in [0.25, 0.3) is 10.9 Å². The second-order valence-electron chi connectivity index (χ2n) is 4.50. The van der Waals surface area contributed by atoms with Crippen LogP contribution in [0.3, 0.4) is 0 Å². The number of rotatable bonds is 4. The first kappa shape index (κ1) is 11.8. The minimum absolute atomic E-state index is 0.560. The van der Waals surface area contributed by atoms with Gasteiger partial charge in [-0.3, -0.25) is 0 Å². The maximum atomic E-state index is 5.77. The molecule has 3 nitrogen and oxygen atoms in total. The van der Waals surface area contributed by atoms with Crippen molar-refractivity contribution in [3.63, 3.8) is 0 Å². The van der Waals surface area contributed by atoms with Crippen LogP contribution >= 0.6 is 0 Å². The molecule has 19 heavy (non-hydrogen) atoms. The quantitative estimate of drug-likeness (QED) is 0.749. The van der Waals surface area contributed by atoms with Gasteiger partial charge in [0.05, 0.1) is 0 Å². The van der Waals surface area contributed by atoms with Crippen molar-refractivity contribution in [2.45, 2.75) is 13.2 Å². The average molecular weight is 252 g/mol. The van der Waals surface area contributed by atoms with Crippen molar-refractivity contribution >= 4 is 10.9 Å². The number of nitrogens with two attached hydrogens (primary N) is 1. The van der Waals surface area contributed by atoms with Gasteiger partial charge in [-0.2, -0.15) is 0 Å². The highest BCUT2D eigenvalue weighted by Crippen LogP contribution is 2.21. The van der Waals surface area contributed by atoms with E-state index in [1.54, 1.807) is 0 Å². The molecule has 0 aliphatic rings. The van der Waals surface area contributed by atoms with Gasteiger partial charge in [-0.1, -0.05) is 30.3 Å². The first-order chi connectivity index (χ1) is 9.36. The molecule has 0 atom stereocenters. The Morgan fingerprint density at radius 2 is 1.89 bits per heavy atom. The van der Waals surface area contributed by atoms with Crippen LogP contribution in [0.15, 0.2) is 54.7 Å². The molecule has 0 saturated heterocycles. The number of aromatic amines is 1. The zero-order valence-electron chi connectivity index (χ0n) is 10.6. The molecule has 1 aromatic heterocycles. The largest absolute Gasteiger partial charge is 0.489 e. The number of nitrogens with one attached hydrogen (secondary N) is 1. The van der Waals surface area contributed by atoms with E-state index in [1.165, 1.54) is 5.39 Å². The summed E-state index contributed by atoms with van der Waals surface area (Å²) >= 11 is 0. The van der Waals surface area contributed by atoms with Crippen LogP contribution in [-0.2, 0) is 13.2 Å².